The van der Waals surface area contributed by atoms with Crippen molar-refractivity contribution in [1.82, 2.24) is 5.32 Å². The first-order valence-electron chi connectivity index (χ1n) is 6.17. The van der Waals surface area contributed by atoms with Gasteiger partial charge >= 0.3 is 0 Å². The zero-order valence-electron chi connectivity index (χ0n) is 11.9. The van der Waals surface area contributed by atoms with E-state index >= 15 is 0 Å². The number of likely N-dealkylation sites (N-methyl/N-ethyl adjacent to an activating group) is 1. The first kappa shape index (κ1) is 14.0. The molecular formula is C15H25NO. The van der Waals surface area contributed by atoms with Gasteiger partial charge in [-0.1, -0.05) is 32.9 Å². The predicted octanol–water partition coefficient (Wildman–Crippen LogP) is 3.36. The second kappa shape index (κ2) is 5.09. The lowest BCUT2D eigenvalue weighted by molar-refractivity contribution is 0.217. The van der Waals surface area contributed by atoms with Crippen LogP contribution in [0.5, 0.6) is 5.75 Å². The van der Waals surface area contributed by atoms with Crippen LogP contribution < -0.4 is 10.1 Å². The SMILES string of the molecule is CNC(C)(C)COc1ccc(C(C)(C)C)cc1. The van der Waals surface area contributed by atoms with Gasteiger partial charge in [-0.3, -0.25) is 0 Å². The molecule has 0 aliphatic heterocycles. The van der Waals surface area contributed by atoms with Gasteiger partial charge in [0.05, 0.1) is 0 Å². The van der Waals surface area contributed by atoms with Crippen molar-refractivity contribution >= 4 is 0 Å². The van der Waals surface area contributed by atoms with E-state index in [-0.39, 0.29) is 11.0 Å². The summed E-state index contributed by atoms with van der Waals surface area (Å²) in [4.78, 5) is 0. The summed E-state index contributed by atoms with van der Waals surface area (Å²) in [6.07, 6.45) is 0. The van der Waals surface area contributed by atoms with Crippen LogP contribution in [0.4, 0.5) is 0 Å². The number of rotatable bonds is 4. The molecule has 0 amide bonds. The van der Waals surface area contributed by atoms with Crippen molar-refractivity contribution in [2.24, 2.45) is 0 Å². The van der Waals surface area contributed by atoms with Crippen molar-refractivity contribution < 1.29 is 4.74 Å². The normalized spacial score (nSPS) is 12.6. The van der Waals surface area contributed by atoms with Crippen molar-refractivity contribution in [2.75, 3.05) is 13.7 Å². The maximum Gasteiger partial charge on any atom is 0.119 e. The van der Waals surface area contributed by atoms with Crippen molar-refractivity contribution in [2.45, 2.75) is 45.6 Å². The molecule has 1 N–H and O–H groups in total. The van der Waals surface area contributed by atoms with E-state index in [1.165, 1.54) is 5.56 Å². The molecule has 0 saturated heterocycles. The number of nitrogens with one attached hydrogen (secondary N) is 1. The van der Waals surface area contributed by atoms with Gasteiger partial charge in [0.15, 0.2) is 0 Å². The molecule has 96 valence electrons. The molecule has 17 heavy (non-hydrogen) atoms. The molecule has 1 rings (SSSR count). The smallest absolute Gasteiger partial charge is 0.119 e. The molecule has 0 radical (unpaired) electrons. The quantitative estimate of drug-likeness (QED) is 0.864. The Kier molecular flexibility index (Phi) is 4.21. The summed E-state index contributed by atoms with van der Waals surface area (Å²) in [6, 6.07) is 8.38. The van der Waals surface area contributed by atoms with E-state index in [1.54, 1.807) is 0 Å². The van der Waals surface area contributed by atoms with E-state index in [4.69, 9.17) is 4.74 Å². The van der Waals surface area contributed by atoms with Gasteiger partial charge in [0, 0.05) is 5.54 Å². The van der Waals surface area contributed by atoms with Crippen LogP contribution in [-0.4, -0.2) is 19.2 Å². The topological polar surface area (TPSA) is 21.3 Å². The van der Waals surface area contributed by atoms with Gasteiger partial charge in [-0.05, 0) is 44.0 Å². The molecule has 0 aliphatic carbocycles. The van der Waals surface area contributed by atoms with Crippen LogP contribution in [0.1, 0.15) is 40.2 Å². The highest BCUT2D eigenvalue weighted by atomic mass is 16.5. The van der Waals surface area contributed by atoms with Gasteiger partial charge in [-0.15, -0.1) is 0 Å². The number of hydrogen-bond acceptors (Lipinski definition) is 2. The van der Waals surface area contributed by atoms with Crippen molar-refractivity contribution in [1.29, 1.82) is 0 Å². The molecule has 2 heteroatoms. The van der Waals surface area contributed by atoms with Crippen LogP contribution in [0.25, 0.3) is 0 Å². The summed E-state index contributed by atoms with van der Waals surface area (Å²) in [5.41, 5.74) is 1.53. The Hall–Kier alpha value is -1.02. The third kappa shape index (κ3) is 4.39. The summed E-state index contributed by atoms with van der Waals surface area (Å²) < 4.78 is 5.77. The van der Waals surface area contributed by atoms with E-state index in [9.17, 15) is 0 Å². The highest BCUT2D eigenvalue weighted by Gasteiger charge is 2.16. The Morgan fingerprint density at radius 1 is 1.00 bits per heavy atom. The lowest BCUT2D eigenvalue weighted by Gasteiger charge is -2.24. The van der Waals surface area contributed by atoms with Crippen LogP contribution in [0.2, 0.25) is 0 Å². The molecule has 0 atom stereocenters. The third-order valence-corrected chi connectivity index (χ3v) is 3.00. The summed E-state index contributed by atoms with van der Waals surface area (Å²) in [6.45, 7) is 11.6. The van der Waals surface area contributed by atoms with Crippen LogP contribution >= 0.6 is 0 Å². The van der Waals surface area contributed by atoms with Crippen molar-refractivity contribution in [3.8, 4) is 5.75 Å². The Morgan fingerprint density at radius 2 is 1.53 bits per heavy atom. The molecule has 1 aromatic carbocycles. The van der Waals surface area contributed by atoms with Crippen molar-refractivity contribution in [3.05, 3.63) is 29.8 Å². The Bertz CT molecular complexity index is 346. The number of ether oxygens (including phenoxy) is 1. The zero-order chi connectivity index (χ0) is 13.1. The standard InChI is InChI=1S/C15H25NO/c1-14(2,3)12-7-9-13(10-8-12)17-11-15(4,5)16-6/h7-10,16H,11H2,1-6H3. The number of benzene rings is 1. The molecule has 0 unspecified atom stereocenters. The molecule has 0 aromatic heterocycles. The lowest BCUT2D eigenvalue weighted by atomic mass is 9.87. The average molecular weight is 235 g/mol. The summed E-state index contributed by atoms with van der Waals surface area (Å²) in [5.74, 6) is 0.932. The maximum absolute atomic E-state index is 5.77. The minimum absolute atomic E-state index is 0.00268. The molecule has 2 nitrogen and oxygen atoms in total. The minimum Gasteiger partial charge on any atom is -0.492 e. The fraction of sp³-hybridized carbons (Fsp3) is 0.600. The van der Waals surface area contributed by atoms with Gasteiger partial charge in [-0.2, -0.15) is 0 Å². The largest absolute Gasteiger partial charge is 0.492 e. The van der Waals surface area contributed by atoms with E-state index in [2.05, 4.69) is 52.1 Å². The van der Waals surface area contributed by atoms with Gasteiger partial charge < -0.3 is 10.1 Å². The predicted molar refractivity (Wildman–Crippen MR) is 73.8 cm³/mol. The van der Waals surface area contributed by atoms with Crippen molar-refractivity contribution in [3.63, 3.8) is 0 Å². The second-order valence-corrected chi connectivity index (χ2v) is 6.20. The van der Waals surface area contributed by atoms with Gasteiger partial charge in [0.25, 0.3) is 0 Å². The fourth-order valence-corrected chi connectivity index (χ4v) is 1.39. The molecule has 0 saturated carbocycles. The first-order valence-corrected chi connectivity index (χ1v) is 6.17. The summed E-state index contributed by atoms with van der Waals surface area (Å²) >= 11 is 0. The lowest BCUT2D eigenvalue weighted by Crippen LogP contribution is -2.42. The number of hydrogen-bond donors (Lipinski definition) is 1. The van der Waals surface area contributed by atoms with Crippen LogP contribution in [0.3, 0.4) is 0 Å². The van der Waals surface area contributed by atoms with Gasteiger partial charge in [-0.25, -0.2) is 0 Å². The maximum atomic E-state index is 5.77. The highest BCUT2D eigenvalue weighted by Crippen LogP contribution is 2.24. The van der Waals surface area contributed by atoms with Gasteiger partial charge in [0.2, 0.25) is 0 Å². The fourth-order valence-electron chi connectivity index (χ4n) is 1.39. The third-order valence-electron chi connectivity index (χ3n) is 3.00. The molecule has 0 spiro atoms. The molecule has 0 fully saturated rings. The van der Waals surface area contributed by atoms with Crippen LogP contribution in [-0.2, 0) is 5.41 Å². The highest BCUT2D eigenvalue weighted by molar-refractivity contribution is 5.31. The van der Waals surface area contributed by atoms with Crippen LogP contribution in [0.15, 0.2) is 24.3 Å². The van der Waals surface area contributed by atoms with Gasteiger partial charge in [0.1, 0.15) is 12.4 Å². The average Bonchev–Trinajstić information content (AvgIpc) is 2.26. The summed E-state index contributed by atoms with van der Waals surface area (Å²) in [5, 5.41) is 3.22. The van der Waals surface area contributed by atoms with E-state index in [0.717, 1.165) is 5.75 Å². The van der Waals surface area contributed by atoms with Crippen LogP contribution in [0, 0.1) is 0 Å². The minimum atomic E-state index is 0.00268. The second-order valence-electron chi connectivity index (χ2n) is 6.20. The van der Waals surface area contributed by atoms with E-state index in [0.29, 0.717) is 6.61 Å². The molecule has 0 heterocycles. The monoisotopic (exact) mass is 235 g/mol. The molecule has 0 bridgehead atoms. The summed E-state index contributed by atoms with van der Waals surface area (Å²) in [7, 11) is 1.95. The Labute approximate surface area is 105 Å². The first-order chi connectivity index (χ1) is 7.74. The molecule has 1 aromatic rings. The Morgan fingerprint density at radius 3 is 1.94 bits per heavy atom. The van der Waals surface area contributed by atoms with E-state index < -0.39 is 0 Å². The molecular weight excluding hydrogens is 210 g/mol. The Balaban J connectivity index is 2.64. The van der Waals surface area contributed by atoms with E-state index in [1.807, 2.05) is 19.2 Å². The molecule has 0 aliphatic rings. The zero-order valence-corrected chi connectivity index (χ0v) is 11.9.